The number of nitrogens with one attached hydrogen (secondary N) is 1. The molecule has 1 heterocycles. The van der Waals surface area contributed by atoms with Crippen LogP contribution in [0.4, 0.5) is 11.7 Å². The third-order valence-corrected chi connectivity index (χ3v) is 7.01. The van der Waals surface area contributed by atoms with E-state index in [0.29, 0.717) is 28.6 Å². The fourth-order valence-corrected chi connectivity index (χ4v) is 5.20. The van der Waals surface area contributed by atoms with Gasteiger partial charge in [-0.3, -0.25) is 4.79 Å². The van der Waals surface area contributed by atoms with E-state index < -0.39 is 5.97 Å². The molecule has 2 N–H and O–H groups in total. The van der Waals surface area contributed by atoms with E-state index in [0.717, 1.165) is 42.5 Å². The number of anilines is 2. The third kappa shape index (κ3) is 5.57. The summed E-state index contributed by atoms with van der Waals surface area (Å²) in [6.07, 6.45) is 6.02. The maximum atomic E-state index is 11.1. The molecule has 6 heteroatoms. The summed E-state index contributed by atoms with van der Waals surface area (Å²) in [4.78, 5) is 15.4. The summed E-state index contributed by atoms with van der Waals surface area (Å²) in [5.41, 5.74) is 5.51. The molecule has 0 aliphatic heterocycles. The minimum Gasteiger partial charge on any atom is -0.481 e. The quantitative estimate of drug-likeness (QED) is 0.275. The van der Waals surface area contributed by atoms with Crippen molar-refractivity contribution in [1.29, 1.82) is 0 Å². The SMILES string of the molecule is O=C(O)CC1CCC(c2ccccc2-c2ccc(-c3cnc(Nc4cccc(Cl)c4)o3)cc2)CC1. The third-order valence-electron chi connectivity index (χ3n) is 6.77. The van der Waals surface area contributed by atoms with Gasteiger partial charge in [0.25, 0.3) is 6.01 Å². The van der Waals surface area contributed by atoms with E-state index >= 15 is 0 Å². The van der Waals surface area contributed by atoms with Crippen LogP contribution < -0.4 is 5.32 Å². The van der Waals surface area contributed by atoms with Crippen LogP contribution in [0.15, 0.2) is 83.4 Å². The second-order valence-electron chi connectivity index (χ2n) is 9.15. The van der Waals surface area contributed by atoms with Crippen molar-refractivity contribution in [1.82, 2.24) is 4.98 Å². The number of hydrogen-bond acceptors (Lipinski definition) is 4. The van der Waals surface area contributed by atoms with Gasteiger partial charge < -0.3 is 14.8 Å². The largest absolute Gasteiger partial charge is 0.481 e. The van der Waals surface area contributed by atoms with Crippen LogP contribution in [0.3, 0.4) is 0 Å². The van der Waals surface area contributed by atoms with Gasteiger partial charge in [-0.2, -0.15) is 0 Å². The van der Waals surface area contributed by atoms with E-state index in [1.54, 1.807) is 6.20 Å². The van der Waals surface area contributed by atoms with Crippen LogP contribution >= 0.6 is 11.6 Å². The minimum atomic E-state index is -0.687. The lowest BCUT2D eigenvalue weighted by atomic mass is 9.76. The van der Waals surface area contributed by atoms with Crippen LogP contribution in [0.1, 0.15) is 43.6 Å². The molecule has 0 saturated heterocycles. The highest BCUT2D eigenvalue weighted by Crippen LogP contribution is 2.41. The van der Waals surface area contributed by atoms with Crippen molar-refractivity contribution in [3.05, 3.63) is 89.6 Å². The molecule has 1 aromatic heterocycles. The van der Waals surface area contributed by atoms with E-state index in [2.05, 4.69) is 58.8 Å². The van der Waals surface area contributed by atoms with Gasteiger partial charge in [-0.15, -0.1) is 0 Å². The Balaban J connectivity index is 1.30. The fraction of sp³-hybridized carbons (Fsp3) is 0.241. The van der Waals surface area contributed by atoms with Gasteiger partial charge in [0.05, 0.1) is 6.20 Å². The van der Waals surface area contributed by atoms with E-state index in [4.69, 9.17) is 21.1 Å². The van der Waals surface area contributed by atoms with Crippen molar-refractivity contribution >= 4 is 29.3 Å². The number of hydrogen-bond donors (Lipinski definition) is 2. The van der Waals surface area contributed by atoms with E-state index in [-0.39, 0.29) is 6.42 Å². The Morgan fingerprint density at radius 2 is 1.71 bits per heavy atom. The molecule has 0 radical (unpaired) electrons. The van der Waals surface area contributed by atoms with Gasteiger partial charge in [-0.25, -0.2) is 4.98 Å². The summed E-state index contributed by atoms with van der Waals surface area (Å²) < 4.78 is 5.91. The van der Waals surface area contributed by atoms with Crippen LogP contribution in [-0.4, -0.2) is 16.1 Å². The summed E-state index contributed by atoms with van der Waals surface area (Å²) in [5, 5.41) is 12.9. The lowest BCUT2D eigenvalue weighted by molar-refractivity contribution is -0.138. The highest BCUT2D eigenvalue weighted by atomic mass is 35.5. The minimum absolute atomic E-state index is 0.286. The first-order valence-corrected chi connectivity index (χ1v) is 12.3. The smallest absolute Gasteiger partial charge is 0.303 e. The summed E-state index contributed by atoms with van der Waals surface area (Å²) in [7, 11) is 0. The molecule has 0 unspecified atom stereocenters. The highest BCUT2D eigenvalue weighted by Gasteiger charge is 2.25. The summed E-state index contributed by atoms with van der Waals surface area (Å²) >= 11 is 6.05. The predicted octanol–water partition coefficient (Wildman–Crippen LogP) is 8.15. The molecule has 1 saturated carbocycles. The molecule has 1 aliphatic carbocycles. The lowest BCUT2D eigenvalue weighted by Gasteiger charge is -2.29. The number of aromatic nitrogens is 1. The van der Waals surface area contributed by atoms with Crippen LogP contribution in [0.25, 0.3) is 22.5 Å². The van der Waals surface area contributed by atoms with Crippen molar-refractivity contribution in [2.24, 2.45) is 5.92 Å². The molecule has 0 amide bonds. The Bertz CT molecular complexity index is 1310. The van der Waals surface area contributed by atoms with Crippen molar-refractivity contribution in [3.8, 4) is 22.5 Å². The number of oxazole rings is 1. The van der Waals surface area contributed by atoms with E-state index in [1.807, 2.05) is 24.3 Å². The first kappa shape index (κ1) is 23.2. The zero-order valence-electron chi connectivity index (χ0n) is 19.3. The highest BCUT2D eigenvalue weighted by molar-refractivity contribution is 6.30. The number of benzene rings is 3. The Kier molecular flexibility index (Phi) is 6.87. The molecule has 5 rings (SSSR count). The second-order valence-corrected chi connectivity index (χ2v) is 9.58. The van der Waals surface area contributed by atoms with E-state index in [9.17, 15) is 4.79 Å². The average molecular weight is 487 g/mol. The molecular formula is C29H27ClN2O3. The number of nitrogens with zero attached hydrogens (tertiary/aromatic N) is 1. The molecule has 178 valence electrons. The van der Waals surface area contributed by atoms with Crippen molar-refractivity contribution < 1.29 is 14.3 Å². The monoisotopic (exact) mass is 486 g/mol. The molecule has 35 heavy (non-hydrogen) atoms. The molecule has 0 spiro atoms. The second kappa shape index (κ2) is 10.4. The van der Waals surface area contributed by atoms with Crippen molar-refractivity contribution in [3.63, 3.8) is 0 Å². The molecule has 1 aliphatic rings. The number of carbonyl (C=O) groups is 1. The summed E-state index contributed by atoms with van der Waals surface area (Å²) in [5.74, 6) is 0.764. The topological polar surface area (TPSA) is 75.4 Å². The van der Waals surface area contributed by atoms with Gasteiger partial charge in [0.15, 0.2) is 5.76 Å². The van der Waals surface area contributed by atoms with Gasteiger partial charge in [0, 0.05) is 22.7 Å². The van der Waals surface area contributed by atoms with Gasteiger partial charge in [-0.1, -0.05) is 66.2 Å². The number of carboxylic acid groups (broad SMARTS) is 1. The fourth-order valence-electron chi connectivity index (χ4n) is 5.01. The average Bonchev–Trinajstić information content (AvgIpc) is 3.33. The van der Waals surface area contributed by atoms with Crippen LogP contribution in [0, 0.1) is 5.92 Å². The van der Waals surface area contributed by atoms with Gasteiger partial charge in [0.1, 0.15) is 0 Å². The zero-order valence-corrected chi connectivity index (χ0v) is 20.0. The summed E-state index contributed by atoms with van der Waals surface area (Å²) in [6, 6.07) is 24.7. The molecule has 0 atom stereocenters. The van der Waals surface area contributed by atoms with Gasteiger partial charge in [-0.05, 0) is 72.4 Å². The normalized spacial score (nSPS) is 17.7. The van der Waals surface area contributed by atoms with E-state index in [1.165, 1.54) is 11.1 Å². The van der Waals surface area contributed by atoms with Gasteiger partial charge in [0.2, 0.25) is 0 Å². The Hall–Kier alpha value is -3.57. The molecular weight excluding hydrogens is 460 g/mol. The van der Waals surface area contributed by atoms with Crippen LogP contribution in [-0.2, 0) is 4.79 Å². The number of rotatable bonds is 7. The Morgan fingerprint density at radius 1 is 0.971 bits per heavy atom. The molecule has 4 aromatic rings. The standard InChI is InChI=1S/C29H27ClN2O3/c30-23-4-3-5-24(17-23)32-29-31-18-27(35-29)22-14-12-21(13-15-22)26-7-2-1-6-25(26)20-10-8-19(9-11-20)16-28(33)34/h1-7,12-15,17-20H,8-11,16H2,(H,31,32)(H,33,34). The summed E-state index contributed by atoms with van der Waals surface area (Å²) in [6.45, 7) is 0. The molecule has 0 bridgehead atoms. The zero-order chi connectivity index (χ0) is 24.2. The molecule has 5 nitrogen and oxygen atoms in total. The van der Waals surface area contributed by atoms with Crippen molar-refractivity contribution in [2.75, 3.05) is 5.32 Å². The first-order chi connectivity index (χ1) is 17.0. The first-order valence-electron chi connectivity index (χ1n) is 11.9. The lowest BCUT2D eigenvalue weighted by Crippen LogP contribution is -2.16. The number of aliphatic carboxylic acids is 1. The van der Waals surface area contributed by atoms with Crippen LogP contribution in [0.2, 0.25) is 5.02 Å². The predicted molar refractivity (Wildman–Crippen MR) is 139 cm³/mol. The Labute approximate surface area is 209 Å². The number of carboxylic acids is 1. The maximum Gasteiger partial charge on any atom is 0.303 e. The maximum absolute atomic E-state index is 11.1. The van der Waals surface area contributed by atoms with Crippen molar-refractivity contribution in [2.45, 2.75) is 38.0 Å². The van der Waals surface area contributed by atoms with Gasteiger partial charge >= 0.3 is 5.97 Å². The van der Waals surface area contributed by atoms with Crippen LogP contribution in [0.5, 0.6) is 0 Å². The molecule has 1 fully saturated rings. The molecule has 3 aromatic carbocycles. The Morgan fingerprint density at radius 3 is 2.46 bits per heavy atom. The number of halogens is 1.